The average Bonchev–Trinajstić information content (AvgIpc) is 2.79. The normalized spacial score (nSPS) is 18.5. The van der Waals surface area contributed by atoms with E-state index in [1.165, 1.54) is 0 Å². The van der Waals surface area contributed by atoms with Gasteiger partial charge in [-0.25, -0.2) is 9.97 Å². The first kappa shape index (κ1) is 23.7. The van der Waals surface area contributed by atoms with Crippen molar-refractivity contribution >= 4 is 17.6 Å². The van der Waals surface area contributed by atoms with E-state index in [2.05, 4.69) is 20.3 Å². The Labute approximate surface area is 195 Å². The summed E-state index contributed by atoms with van der Waals surface area (Å²) < 4.78 is 39.0. The van der Waals surface area contributed by atoms with Gasteiger partial charge in [-0.1, -0.05) is 0 Å². The van der Waals surface area contributed by atoms with Crippen molar-refractivity contribution in [2.75, 3.05) is 5.32 Å². The molecule has 1 aliphatic rings. The molecular weight excluding hydrogens is 445 g/mol. The highest BCUT2D eigenvalue weighted by atomic mass is 19.4. The van der Waals surface area contributed by atoms with Crippen molar-refractivity contribution in [3.8, 4) is 11.3 Å². The molecule has 3 heterocycles. The summed E-state index contributed by atoms with van der Waals surface area (Å²) in [4.78, 5) is 24.2. The molecule has 0 saturated heterocycles. The zero-order chi connectivity index (χ0) is 24.3. The molecule has 34 heavy (non-hydrogen) atoms. The van der Waals surface area contributed by atoms with Gasteiger partial charge in [0.05, 0.1) is 17.2 Å². The molecule has 0 aliphatic heterocycles. The second-order valence-corrected chi connectivity index (χ2v) is 8.77. The van der Waals surface area contributed by atoms with Gasteiger partial charge in [-0.05, 0) is 86.9 Å². The van der Waals surface area contributed by atoms with Crippen LogP contribution in [0.3, 0.4) is 0 Å². The van der Waals surface area contributed by atoms with Gasteiger partial charge in [0.2, 0.25) is 0 Å². The van der Waals surface area contributed by atoms with E-state index in [9.17, 15) is 18.0 Å². The van der Waals surface area contributed by atoms with Crippen LogP contribution in [0.25, 0.3) is 11.3 Å². The number of nitrogens with one attached hydrogen (secondary N) is 1. The van der Waals surface area contributed by atoms with E-state index in [4.69, 9.17) is 5.11 Å². The number of aryl methyl sites for hydroxylation is 1. The molecule has 4 rings (SSSR count). The fourth-order valence-corrected chi connectivity index (χ4v) is 4.29. The third-order valence-electron chi connectivity index (χ3n) is 6.13. The number of hydrogen-bond donors (Lipinski definition) is 2. The maximum Gasteiger partial charge on any atom is 0.416 e. The summed E-state index contributed by atoms with van der Waals surface area (Å²) in [6.07, 6.45) is 2.40. The standard InChI is InChI=1S/C25H25F3N4O2/c1-15-10-21(31-23(11-15)32-22-13-19(8-9-29-22)25(26,27)28)18-6-7-20(30-14-18)12-16-2-4-17(5-3-16)24(33)34/h6-11,13-14,16-17H,2-5,12H2,1H3,(H,33,34)(H,29,31,32). The van der Waals surface area contributed by atoms with Gasteiger partial charge in [0.25, 0.3) is 0 Å². The minimum absolute atomic E-state index is 0.0602. The predicted molar refractivity (Wildman–Crippen MR) is 122 cm³/mol. The number of rotatable bonds is 6. The topological polar surface area (TPSA) is 88.0 Å². The van der Waals surface area contributed by atoms with E-state index in [0.29, 0.717) is 30.3 Å². The van der Waals surface area contributed by atoms with Crippen LogP contribution in [0.15, 0.2) is 48.8 Å². The molecule has 0 spiro atoms. The molecule has 1 fully saturated rings. The largest absolute Gasteiger partial charge is 0.481 e. The van der Waals surface area contributed by atoms with E-state index in [0.717, 1.165) is 54.4 Å². The lowest BCUT2D eigenvalue weighted by Gasteiger charge is -2.25. The third-order valence-corrected chi connectivity index (χ3v) is 6.13. The fraction of sp³-hybridized carbons (Fsp3) is 0.360. The van der Waals surface area contributed by atoms with Crippen molar-refractivity contribution < 1.29 is 23.1 Å². The van der Waals surface area contributed by atoms with E-state index in [-0.39, 0.29) is 11.7 Å². The third kappa shape index (κ3) is 5.89. The Bertz CT molecular complexity index is 1160. The van der Waals surface area contributed by atoms with E-state index >= 15 is 0 Å². The molecule has 3 aromatic rings. The van der Waals surface area contributed by atoms with Crippen LogP contribution in [0.1, 0.15) is 42.5 Å². The summed E-state index contributed by atoms with van der Waals surface area (Å²) in [6, 6.07) is 9.37. The van der Waals surface area contributed by atoms with Crippen molar-refractivity contribution in [1.29, 1.82) is 0 Å². The zero-order valence-electron chi connectivity index (χ0n) is 18.6. The van der Waals surface area contributed by atoms with Crippen molar-refractivity contribution in [2.45, 2.75) is 45.2 Å². The Morgan fingerprint density at radius 1 is 1.06 bits per heavy atom. The van der Waals surface area contributed by atoms with Crippen LogP contribution in [0.2, 0.25) is 0 Å². The van der Waals surface area contributed by atoms with Crippen LogP contribution in [0, 0.1) is 18.8 Å². The fourth-order valence-electron chi connectivity index (χ4n) is 4.29. The molecule has 2 N–H and O–H groups in total. The van der Waals surface area contributed by atoms with Gasteiger partial charge in [-0.2, -0.15) is 13.2 Å². The van der Waals surface area contributed by atoms with Crippen LogP contribution in [0.5, 0.6) is 0 Å². The first-order valence-electron chi connectivity index (χ1n) is 11.1. The van der Waals surface area contributed by atoms with Crippen molar-refractivity contribution in [3.05, 3.63) is 65.6 Å². The highest BCUT2D eigenvalue weighted by Crippen LogP contribution is 2.32. The number of aromatic nitrogens is 3. The van der Waals surface area contributed by atoms with Gasteiger partial charge >= 0.3 is 12.1 Å². The number of carboxylic acids is 1. The molecule has 0 bridgehead atoms. The summed E-state index contributed by atoms with van der Waals surface area (Å²) in [5, 5.41) is 12.0. The number of halogens is 3. The number of pyridine rings is 3. The first-order valence-corrected chi connectivity index (χ1v) is 11.1. The quantitative estimate of drug-likeness (QED) is 0.457. The van der Waals surface area contributed by atoms with Crippen LogP contribution in [0.4, 0.5) is 24.8 Å². The summed E-state index contributed by atoms with van der Waals surface area (Å²) in [5.74, 6) is -0.0509. The Balaban J connectivity index is 1.45. The Morgan fingerprint density at radius 2 is 1.82 bits per heavy atom. The Morgan fingerprint density at radius 3 is 2.47 bits per heavy atom. The molecule has 1 saturated carbocycles. The minimum Gasteiger partial charge on any atom is -0.481 e. The minimum atomic E-state index is -4.45. The maximum absolute atomic E-state index is 13.0. The van der Waals surface area contributed by atoms with Gasteiger partial charge in [-0.3, -0.25) is 9.78 Å². The molecule has 0 amide bonds. The van der Waals surface area contributed by atoms with Crippen molar-refractivity contribution in [3.63, 3.8) is 0 Å². The molecule has 0 radical (unpaired) electrons. The molecule has 0 aromatic carbocycles. The van der Waals surface area contributed by atoms with Gasteiger partial charge < -0.3 is 10.4 Å². The summed E-state index contributed by atoms with van der Waals surface area (Å²) >= 11 is 0. The number of carbonyl (C=O) groups is 1. The van der Waals surface area contributed by atoms with Gasteiger partial charge in [-0.15, -0.1) is 0 Å². The zero-order valence-corrected chi connectivity index (χ0v) is 18.6. The van der Waals surface area contributed by atoms with Crippen molar-refractivity contribution in [1.82, 2.24) is 15.0 Å². The van der Waals surface area contributed by atoms with Crippen LogP contribution in [-0.4, -0.2) is 26.0 Å². The number of carboxylic acid groups (broad SMARTS) is 1. The van der Waals surface area contributed by atoms with Gasteiger partial charge in [0, 0.05) is 23.7 Å². The van der Waals surface area contributed by atoms with E-state index in [1.54, 1.807) is 12.3 Å². The predicted octanol–water partition coefficient (Wildman–Crippen LogP) is 6.04. The van der Waals surface area contributed by atoms with E-state index < -0.39 is 17.7 Å². The molecule has 178 valence electrons. The molecule has 0 unspecified atom stereocenters. The molecule has 6 nitrogen and oxygen atoms in total. The lowest BCUT2D eigenvalue weighted by atomic mass is 9.80. The lowest BCUT2D eigenvalue weighted by Crippen LogP contribution is -2.22. The highest BCUT2D eigenvalue weighted by molar-refractivity contribution is 5.70. The first-order chi connectivity index (χ1) is 16.2. The van der Waals surface area contributed by atoms with Gasteiger partial charge in [0.15, 0.2) is 0 Å². The van der Waals surface area contributed by atoms with E-state index in [1.807, 2.05) is 25.1 Å². The number of anilines is 2. The SMILES string of the molecule is Cc1cc(Nc2cc(C(F)(F)F)ccn2)nc(-c2ccc(CC3CCC(C(=O)O)CC3)nc2)c1. The van der Waals surface area contributed by atoms with Crippen molar-refractivity contribution in [2.24, 2.45) is 11.8 Å². The summed E-state index contributed by atoms with van der Waals surface area (Å²) in [5.41, 5.74) is 2.49. The number of aliphatic carboxylic acids is 1. The Kier molecular flexibility index (Phi) is 6.81. The highest BCUT2D eigenvalue weighted by Gasteiger charge is 2.30. The lowest BCUT2D eigenvalue weighted by molar-refractivity contribution is -0.143. The van der Waals surface area contributed by atoms with Crippen LogP contribution >= 0.6 is 0 Å². The van der Waals surface area contributed by atoms with Crippen LogP contribution < -0.4 is 5.32 Å². The smallest absolute Gasteiger partial charge is 0.416 e. The molecular formula is C25H25F3N4O2. The monoisotopic (exact) mass is 470 g/mol. The molecule has 9 heteroatoms. The number of alkyl halides is 3. The Hall–Kier alpha value is -3.49. The maximum atomic E-state index is 13.0. The molecule has 1 aliphatic carbocycles. The van der Waals surface area contributed by atoms with Crippen LogP contribution in [-0.2, 0) is 17.4 Å². The molecule has 0 atom stereocenters. The second-order valence-electron chi connectivity index (χ2n) is 8.77. The second kappa shape index (κ2) is 9.79. The number of hydrogen-bond acceptors (Lipinski definition) is 5. The summed E-state index contributed by atoms with van der Waals surface area (Å²) in [6.45, 7) is 1.88. The average molecular weight is 470 g/mol. The van der Waals surface area contributed by atoms with Gasteiger partial charge in [0.1, 0.15) is 11.6 Å². The number of nitrogens with zero attached hydrogens (tertiary/aromatic N) is 3. The molecule has 3 aromatic heterocycles. The summed E-state index contributed by atoms with van der Waals surface area (Å²) in [7, 11) is 0.